The van der Waals surface area contributed by atoms with Crippen LogP contribution in [0.1, 0.15) is 35.4 Å². The first-order chi connectivity index (χ1) is 11.4. The minimum Gasteiger partial charge on any atom is -0.350 e. The minimum atomic E-state index is -4.86. The van der Waals surface area contributed by atoms with Crippen LogP contribution in [-0.4, -0.2) is 27.4 Å². The lowest BCUT2D eigenvalue weighted by Gasteiger charge is -2.25. The highest BCUT2D eigenvalue weighted by atomic mass is 19.4. The van der Waals surface area contributed by atoms with Crippen molar-refractivity contribution in [2.75, 3.05) is 6.54 Å². The molecule has 9 heteroatoms. The molecule has 1 aromatic heterocycles. The molecule has 24 heavy (non-hydrogen) atoms. The second kappa shape index (κ2) is 6.21. The minimum absolute atomic E-state index is 0.159. The second-order valence-corrected chi connectivity index (χ2v) is 5.68. The summed E-state index contributed by atoms with van der Waals surface area (Å²) in [7, 11) is 0. The molecule has 1 heterocycles. The number of nitrogens with zero attached hydrogens (tertiary/aromatic N) is 3. The van der Waals surface area contributed by atoms with Crippen LogP contribution in [0.25, 0.3) is 5.69 Å². The Balaban J connectivity index is 1.93. The van der Waals surface area contributed by atoms with E-state index in [-0.39, 0.29) is 5.69 Å². The van der Waals surface area contributed by atoms with Crippen LogP contribution < -0.4 is 5.32 Å². The third kappa shape index (κ3) is 3.24. The van der Waals surface area contributed by atoms with Gasteiger partial charge in [0.15, 0.2) is 11.4 Å². The van der Waals surface area contributed by atoms with Crippen molar-refractivity contribution in [3.63, 3.8) is 0 Å². The molecule has 3 rings (SSSR count). The van der Waals surface area contributed by atoms with Crippen LogP contribution in [0.3, 0.4) is 0 Å². The average molecular weight is 342 g/mol. The molecule has 128 valence electrons. The summed E-state index contributed by atoms with van der Waals surface area (Å²) >= 11 is 0. The number of rotatable bonds is 4. The lowest BCUT2D eigenvalue weighted by Crippen LogP contribution is -2.33. The highest BCUT2D eigenvalue weighted by Gasteiger charge is 2.42. The molecular formula is C15H14F4N4O. The highest BCUT2D eigenvalue weighted by Crippen LogP contribution is 2.33. The van der Waals surface area contributed by atoms with Crippen LogP contribution in [0, 0.1) is 11.7 Å². The summed E-state index contributed by atoms with van der Waals surface area (Å²) in [4.78, 5) is 12.1. The molecule has 5 nitrogen and oxygen atoms in total. The Morgan fingerprint density at radius 1 is 1.33 bits per heavy atom. The molecule has 0 atom stereocenters. The summed E-state index contributed by atoms with van der Waals surface area (Å²) < 4.78 is 53.9. The van der Waals surface area contributed by atoms with Crippen molar-refractivity contribution in [3.05, 3.63) is 41.5 Å². The maximum absolute atomic E-state index is 13.4. The van der Waals surface area contributed by atoms with Gasteiger partial charge in [0.1, 0.15) is 5.82 Å². The van der Waals surface area contributed by atoms with Crippen molar-refractivity contribution in [2.45, 2.75) is 25.4 Å². The number of benzene rings is 1. The smallest absolute Gasteiger partial charge is 0.350 e. The molecular weight excluding hydrogens is 328 g/mol. The summed E-state index contributed by atoms with van der Waals surface area (Å²) in [5.74, 6) is -1.36. The van der Waals surface area contributed by atoms with E-state index in [2.05, 4.69) is 15.6 Å². The Morgan fingerprint density at radius 2 is 2.08 bits per heavy atom. The first kappa shape index (κ1) is 16.4. The van der Waals surface area contributed by atoms with Crippen LogP contribution in [-0.2, 0) is 6.18 Å². The molecule has 0 bridgehead atoms. The molecule has 0 radical (unpaired) electrons. The number of carbonyl (C=O) groups excluding carboxylic acids is 1. The zero-order valence-corrected chi connectivity index (χ0v) is 12.5. The molecule has 0 saturated heterocycles. The van der Waals surface area contributed by atoms with Crippen molar-refractivity contribution in [1.29, 1.82) is 0 Å². The van der Waals surface area contributed by atoms with Crippen LogP contribution in [0.4, 0.5) is 17.6 Å². The van der Waals surface area contributed by atoms with Gasteiger partial charge in [0.25, 0.3) is 5.91 Å². The van der Waals surface area contributed by atoms with Gasteiger partial charge in [-0.3, -0.25) is 4.79 Å². The molecule has 1 aliphatic rings. The van der Waals surface area contributed by atoms with Gasteiger partial charge < -0.3 is 5.32 Å². The van der Waals surface area contributed by atoms with E-state index < -0.39 is 29.3 Å². The Hall–Kier alpha value is -2.45. The van der Waals surface area contributed by atoms with Crippen molar-refractivity contribution < 1.29 is 22.4 Å². The van der Waals surface area contributed by atoms with Gasteiger partial charge in [-0.25, -0.2) is 9.07 Å². The fourth-order valence-corrected chi connectivity index (χ4v) is 2.50. The largest absolute Gasteiger partial charge is 0.435 e. The van der Waals surface area contributed by atoms with Crippen LogP contribution in [0.15, 0.2) is 24.3 Å². The van der Waals surface area contributed by atoms with E-state index in [4.69, 9.17) is 0 Å². The number of halogens is 4. The predicted octanol–water partition coefficient (Wildman–Crippen LogP) is 2.96. The van der Waals surface area contributed by atoms with Gasteiger partial charge in [0.05, 0.1) is 5.69 Å². The maximum atomic E-state index is 13.4. The number of hydrogen-bond acceptors (Lipinski definition) is 3. The van der Waals surface area contributed by atoms with Crippen molar-refractivity contribution in [3.8, 4) is 5.69 Å². The monoisotopic (exact) mass is 342 g/mol. The van der Waals surface area contributed by atoms with Gasteiger partial charge in [0.2, 0.25) is 0 Å². The molecule has 0 aliphatic heterocycles. The summed E-state index contributed by atoms with van der Waals surface area (Å²) in [5, 5.41) is 9.23. The Labute approximate surface area is 134 Å². The molecule has 1 saturated carbocycles. The fraction of sp³-hybridized carbons (Fsp3) is 0.400. The van der Waals surface area contributed by atoms with Crippen LogP contribution in [0.5, 0.6) is 0 Å². The van der Waals surface area contributed by atoms with E-state index in [1.54, 1.807) is 0 Å². The molecule has 0 spiro atoms. The molecule has 0 unspecified atom stereocenters. The molecule has 1 amide bonds. The first-order valence-corrected chi connectivity index (χ1v) is 7.43. The number of alkyl halides is 3. The van der Waals surface area contributed by atoms with Crippen molar-refractivity contribution in [1.82, 2.24) is 20.3 Å². The van der Waals surface area contributed by atoms with E-state index in [0.717, 1.165) is 31.4 Å². The topological polar surface area (TPSA) is 59.8 Å². The molecule has 1 fully saturated rings. The van der Waals surface area contributed by atoms with Gasteiger partial charge in [0, 0.05) is 6.54 Å². The van der Waals surface area contributed by atoms with Gasteiger partial charge >= 0.3 is 6.18 Å². The summed E-state index contributed by atoms with van der Waals surface area (Å²) in [6.45, 7) is 0.308. The Bertz CT molecular complexity index is 752. The summed E-state index contributed by atoms with van der Waals surface area (Å²) in [6.07, 6.45) is -1.91. The van der Waals surface area contributed by atoms with Crippen LogP contribution >= 0.6 is 0 Å². The maximum Gasteiger partial charge on any atom is 0.435 e. The van der Waals surface area contributed by atoms with E-state index in [9.17, 15) is 22.4 Å². The van der Waals surface area contributed by atoms with Crippen LogP contribution in [0.2, 0.25) is 0 Å². The number of amides is 1. The second-order valence-electron chi connectivity index (χ2n) is 5.68. The lowest BCUT2D eigenvalue weighted by atomic mass is 9.85. The number of carbonyl (C=O) groups is 1. The zero-order chi connectivity index (χ0) is 17.3. The number of hydrogen-bond donors (Lipinski definition) is 1. The number of aromatic nitrogens is 3. The molecule has 1 N–H and O–H groups in total. The average Bonchev–Trinajstić information content (AvgIpc) is 2.90. The van der Waals surface area contributed by atoms with E-state index >= 15 is 0 Å². The Morgan fingerprint density at radius 3 is 2.67 bits per heavy atom. The lowest BCUT2D eigenvalue weighted by molar-refractivity contribution is -0.143. The zero-order valence-electron chi connectivity index (χ0n) is 12.5. The SMILES string of the molecule is O=C(NCC1CCC1)c1nnn(-c2cccc(F)c2)c1C(F)(F)F. The van der Waals surface area contributed by atoms with Gasteiger partial charge in [-0.15, -0.1) is 5.10 Å². The third-order valence-corrected chi connectivity index (χ3v) is 3.98. The Kier molecular flexibility index (Phi) is 4.25. The quantitative estimate of drug-likeness (QED) is 0.869. The van der Waals surface area contributed by atoms with Gasteiger partial charge in [-0.2, -0.15) is 13.2 Å². The standard InChI is InChI=1S/C15H14F4N4O/c16-10-5-2-6-11(7-10)23-13(15(17,18)19)12(21-22-23)14(24)20-8-9-3-1-4-9/h2,5-7,9H,1,3-4,8H2,(H,20,24). The normalized spacial score (nSPS) is 15.2. The van der Waals surface area contributed by atoms with Crippen molar-refractivity contribution >= 4 is 5.91 Å². The fourth-order valence-electron chi connectivity index (χ4n) is 2.50. The molecule has 2 aromatic rings. The molecule has 1 aliphatic carbocycles. The highest BCUT2D eigenvalue weighted by molar-refractivity contribution is 5.93. The van der Waals surface area contributed by atoms with Gasteiger partial charge in [-0.05, 0) is 37.0 Å². The summed E-state index contributed by atoms with van der Waals surface area (Å²) in [5.41, 5.74) is -2.29. The van der Waals surface area contributed by atoms with E-state index in [1.165, 1.54) is 12.1 Å². The van der Waals surface area contributed by atoms with E-state index in [1.807, 2.05) is 0 Å². The summed E-state index contributed by atoms with van der Waals surface area (Å²) in [6, 6.07) is 4.49. The van der Waals surface area contributed by atoms with Gasteiger partial charge in [-0.1, -0.05) is 17.7 Å². The first-order valence-electron chi connectivity index (χ1n) is 7.43. The van der Waals surface area contributed by atoms with E-state index in [0.29, 0.717) is 17.1 Å². The number of nitrogens with one attached hydrogen (secondary N) is 1. The predicted molar refractivity (Wildman–Crippen MR) is 76.0 cm³/mol. The third-order valence-electron chi connectivity index (χ3n) is 3.98. The van der Waals surface area contributed by atoms with Crippen molar-refractivity contribution in [2.24, 2.45) is 5.92 Å². The molecule has 1 aromatic carbocycles.